The van der Waals surface area contributed by atoms with E-state index in [1.54, 1.807) is 12.1 Å². The Bertz CT molecular complexity index is 571. The lowest BCUT2D eigenvalue weighted by Crippen LogP contribution is -2.31. The summed E-state index contributed by atoms with van der Waals surface area (Å²) >= 11 is 0. The molecule has 1 aliphatic rings. The van der Waals surface area contributed by atoms with Gasteiger partial charge in [-0.15, -0.1) is 0 Å². The number of nitrogens with zero attached hydrogens (tertiary/aromatic N) is 1. The molecule has 0 aliphatic carbocycles. The summed E-state index contributed by atoms with van der Waals surface area (Å²) in [6, 6.07) is 5.86. The van der Waals surface area contributed by atoms with E-state index in [4.69, 9.17) is 0 Å². The average Bonchev–Trinajstić information content (AvgIpc) is 2.67. The van der Waals surface area contributed by atoms with E-state index in [-0.39, 0.29) is 5.82 Å². The number of hydrogen-bond acceptors (Lipinski definition) is 1. The Balaban J connectivity index is 2.36. The molecule has 90 valence electrons. The van der Waals surface area contributed by atoms with Crippen LogP contribution in [0.4, 0.5) is 4.39 Å². The predicted octanol–water partition coefficient (Wildman–Crippen LogP) is 3.01. The first-order valence-corrected chi connectivity index (χ1v) is 6.23. The third-order valence-electron chi connectivity index (χ3n) is 3.62. The zero-order valence-electron chi connectivity index (χ0n) is 10.3. The molecule has 0 spiro atoms. The lowest BCUT2D eigenvalue weighted by atomic mass is 10.1. The van der Waals surface area contributed by atoms with Crippen LogP contribution in [0.15, 0.2) is 18.2 Å². The highest BCUT2D eigenvalue weighted by Gasteiger charge is 2.20. The second-order valence-electron chi connectivity index (χ2n) is 4.84. The summed E-state index contributed by atoms with van der Waals surface area (Å²) in [5, 5.41) is 4.42. The van der Waals surface area contributed by atoms with Crippen molar-refractivity contribution in [3.63, 3.8) is 0 Å². The zero-order chi connectivity index (χ0) is 12.0. The zero-order valence-corrected chi connectivity index (χ0v) is 10.3. The van der Waals surface area contributed by atoms with Crippen molar-refractivity contribution in [3.8, 4) is 0 Å². The first kappa shape index (κ1) is 10.8. The molecule has 0 saturated carbocycles. The molecule has 1 aromatic heterocycles. The van der Waals surface area contributed by atoms with E-state index in [1.165, 1.54) is 11.2 Å². The largest absolute Gasteiger partial charge is 0.339 e. The summed E-state index contributed by atoms with van der Waals surface area (Å²) in [6.07, 6.45) is 0.873. The standard InChI is InChI=1S/C14H17FN2/c1-3-10-4-12(15)5-11-6-13-8-16-7-9(2)17(13)14(10)11/h4-6,9,16H,3,7-8H2,1-2H3/t9-/m1/s1. The summed E-state index contributed by atoms with van der Waals surface area (Å²) in [4.78, 5) is 0. The highest BCUT2D eigenvalue weighted by Crippen LogP contribution is 2.30. The van der Waals surface area contributed by atoms with Gasteiger partial charge >= 0.3 is 0 Å². The molecular formula is C14H17FN2. The van der Waals surface area contributed by atoms with E-state index in [0.29, 0.717) is 6.04 Å². The van der Waals surface area contributed by atoms with Gasteiger partial charge in [0.15, 0.2) is 0 Å². The van der Waals surface area contributed by atoms with E-state index in [2.05, 4.69) is 29.8 Å². The van der Waals surface area contributed by atoms with E-state index in [0.717, 1.165) is 30.5 Å². The summed E-state index contributed by atoms with van der Waals surface area (Å²) in [7, 11) is 0. The molecular weight excluding hydrogens is 215 g/mol. The van der Waals surface area contributed by atoms with Gasteiger partial charge in [-0.2, -0.15) is 0 Å². The van der Waals surface area contributed by atoms with Gasteiger partial charge in [0, 0.05) is 30.2 Å². The lowest BCUT2D eigenvalue weighted by Gasteiger charge is -2.25. The number of aryl methyl sites for hydroxylation is 1. The number of nitrogens with one attached hydrogen (secondary N) is 1. The van der Waals surface area contributed by atoms with Crippen molar-refractivity contribution in [3.05, 3.63) is 35.3 Å². The molecule has 0 saturated heterocycles. The van der Waals surface area contributed by atoms with Crippen LogP contribution in [0.5, 0.6) is 0 Å². The topological polar surface area (TPSA) is 17.0 Å². The second kappa shape index (κ2) is 3.84. The van der Waals surface area contributed by atoms with Crippen molar-refractivity contribution in [2.24, 2.45) is 0 Å². The quantitative estimate of drug-likeness (QED) is 0.799. The molecule has 2 nitrogen and oxygen atoms in total. The van der Waals surface area contributed by atoms with Crippen LogP contribution in [0, 0.1) is 5.82 Å². The van der Waals surface area contributed by atoms with Gasteiger partial charge in [-0.1, -0.05) is 6.92 Å². The van der Waals surface area contributed by atoms with Crippen molar-refractivity contribution in [2.45, 2.75) is 32.9 Å². The van der Waals surface area contributed by atoms with Gasteiger partial charge in [-0.3, -0.25) is 0 Å². The third kappa shape index (κ3) is 1.57. The molecule has 1 aromatic carbocycles. The fourth-order valence-corrected chi connectivity index (χ4v) is 2.88. The van der Waals surface area contributed by atoms with E-state index in [1.807, 2.05) is 0 Å². The third-order valence-corrected chi connectivity index (χ3v) is 3.62. The Hall–Kier alpha value is -1.35. The van der Waals surface area contributed by atoms with Gasteiger partial charge in [-0.05, 0) is 37.1 Å². The fourth-order valence-electron chi connectivity index (χ4n) is 2.88. The Kier molecular flexibility index (Phi) is 2.44. The molecule has 17 heavy (non-hydrogen) atoms. The monoisotopic (exact) mass is 232 g/mol. The molecule has 0 amide bonds. The minimum absolute atomic E-state index is 0.127. The highest BCUT2D eigenvalue weighted by molar-refractivity contribution is 5.85. The van der Waals surface area contributed by atoms with Gasteiger partial charge in [0.05, 0.1) is 5.52 Å². The molecule has 3 heteroatoms. The maximum absolute atomic E-state index is 13.5. The summed E-state index contributed by atoms with van der Waals surface area (Å²) in [5.41, 5.74) is 3.59. The molecule has 0 radical (unpaired) electrons. The fraction of sp³-hybridized carbons (Fsp3) is 0.429. The van der Waals surface area contributed by atoms with E-state index < -0.39 is 0 Å². The van der Waals surface area contributed by atoms with Crippen molar-refractivity contribution >= 4 is 10.9 Å². The average molecular weight is 232 g/mol. The lowest BCUT2D eigenvalue weighted by molar-refractivity contribution is 0.439. The van der Waals surface area contributed by atoms with Crippen LogP contribution in [-0.2, 0) is 13.0 Å². The number of fused-ring (bicyclic) bond motifs is 3. The van der Waals surface area contributed by atoms with Crippen molar-refractivity contribution in [1.29, 1.82) is 0 Å². The van der Waals surface area contributed by atoms with Crippen LogP contribution in [0.3, 0.4) is 0 Å². The van der Waals surface area contributed by atoms with E-state index in [9.17, 15) is 4.39 Å². The van der Waals surface area contributed by atoms with Crippen LogP contribution in [-0.4, -0.2) is 11.1 Å². The number of rotatable bonds is 1. The molecule has 0 bridgehead atoms. The van der Waals surface area contributed by atoms with Crippen LogP contribution >= 0.6 is 0 Å². The SMILES string of the molecule is CCc1cc(F)cc2cc3n(c12)[C@H](C)CNC3. The van der Waals surface area contributed by atoms with Gasteiger partial charge < -0.3 is 9.88 Å². The molecule has 2 heterocycles. The van der Waals surface area contributed by atoms with Crippen LogP contribution in [0.2, 0.25) is 0 Å². The minimum Gasteiger partial charge on any atom is -0.339 e. The van der Waals surface area contributed by atoms with Gasteiger partial charge in [0.2, 0.25) is 0 Å². The molecule has 0 fully saturated rings. The van der Waals surface area contributed by atoms with Gasteiger partial charge in [0.1, 0.15) is 5.82 Å². The predicted molar refractivity (Wildman–Crippen MR) is 67.7 cm³/mol. The second-order valence-corrected chi connectivity index (χ2v) is 4.84. The maximum atomic E-state index is 13.5. The van der Waals surface area contributed by atoms with Crippen LogP contribution in [0.25, 0.3) is 10.9 Å². The Morgan fingerprint density at radius 3 is 3.00 bits per heavy atom. The maximum Gasteiger partial charge on any atom is 0.124 e. The van der Waals surface area contributed by atoms with Gasteiger partial charge in [-0.25, -0.2) is 4.39 Å². The first-order valence-electron chi connectivity index (χ1n) is 6.23. The highest BCUT2D eigenvalue weighted by atomic mass is 19.1. The molecule has 3 rings (SSSR count). The first-order chi connectivity index (χ1) is 8.20. The number of halogens is 1. The smallest absolute Gasteiger partial charge is 0.124 e. The van der Waals surface area contributed by atoms with Crippen molar-refractivity contribution in [2.75, 3.05) is 6.54 Å². The van der Waals surface area contributed by atoms with Crippen molar-refractivity contribution < 1.29 is 4.39 Å². The van der Waals surface area contributed by atoms with Crippen LogP contribution < -0.4 is 5.32 Å². The minimum atomic E-state index is -0.127. The van der Waals surface area contributed by atoms with E-state index >= 15 is 0 Å². The van der Waals surface area contributed by atoms with Gasteiger partial charge in [0.25, 0.3) is 0 Å². The summed E-state index contributed by atoms with van der Waals surface area (Å²) < 4.78 is 15.9. The molecule has 1 N–H and O–H groups in total. The molecule has 1 atom stereocenters. The van der Waals surface area contributed by atoms with Crippen molar-refractivity contribution in [1.82, 2.24) is 9.88 Å². The van der Waals surface area contributed by atoms with Crippen LogP contribution in [0.1, 0.15) is 31.1 Å². The molecule has 2 aromatic rings. The molecule has 1 aliphatic heterocycles. The summed E-state index contributed by atoms with van der Waals surface area (Å²) in [6.45, 7) is 6.15. The molecule has 0 unspecified atom stereocenters. The number of hydrogen-bond donors (Lipinski definition) is 1. The Morgan fingerprint density at radius 1 is 1.41 bits per heavy atom. The summed E-state index contributed by atoms with van der Waals surface area (Å²) in [5.74, 6) is -0.127. The Morgan fingerprint density at radius 2 is 2.24 bits per heavy atom. The normalized spacial score (nSPS) is 19.6. The number of aromatic nitrogens is 1. The number of benzene rings is 1. The Labute approximate surface area is 100 Å².